The lowest BCUT2D eigenvalue weighted by atomic mass is 10.1. The number of amides is 1. The number of rotatable bonds is 5. The summed E-state index contributed by atoms with van der Waals surface area (Å²) in [4.78, 5) is 11.6. The predicted molar refractivity (Wildman–Crippen MR) is 69.1 cm³/mol. The molecule has 0 aliphatic heterocycles. The van der Waals surface area contributed by atoms with Crippen LogP contribution in [-0.2, 0) is 11.2 Å². The van der Waals surface area contributed by atoms with Crippen LogP contribution >= 0.6 is 15.9 Å². The van der Waals surface area contributed by atoms with Gasteiger partial charge in [0.15, 0.2) is 0 Å². The van der Waals surface area contributed by atoms with Crippen LogP contribution in [-0.4, -0.2) is 18.5 Å². The molecule has 3 nitrogen and oxygen atoms in total. The lowest BCUT2D eigenvalue weighted by Crippen LogP contribution is -2.40. The van der Waals surface area contributed by atoms with E-state index in [1.165, 1.54) is 0 Å². The first-order chi connectivity index (χ1) is 7.65. The van der Waals surface area contributed by atoms with Gasteiger partial charge in [0.1, 0.15) is 0 Å². The Balaban J connectivity index is 2.48. The fourth-order valence-corrected chi connectivity index (χ4v) is 1.66. The van der Waals surface area contributed by atoms with Crippen molar-refractivity contribution < 1.29 is 4.79 Å². The highest BCUT2D eigenvalue weighted by Gasteiger charge is 2.08. The van der Waals surface area contributed by atoms with E-state index < -0.39 is 0 Å². The van der Waals surface area contributed by atoms with Gasteiger partial charge in [0.25, 0.3) is 0 Å². The molecule has 0 heterocycles. The van der Waals surface area contributed by atoms with Crippen LogP contribution in [0.2, 0.25) is 0 Å². The summed E-state index contributed by atoms with van der Waals surface area (Å²) >= 11 is 3.36. The van der Waals surface area contributed by atoms with Gasteiger partial charge in [0.2, 0.25) is 5.91 Å². The van der Waals surface area contributed by atoms with Crippen molar-refractivity contribution in [3.05, 3.63) is 34.3 Å². The summed E-state index contributed by atoms with van der Waals surface area (Å²) in [6.45, 7) is 2.50. The average Bonchev–Trinajstić information content (AvgIpc) is 2.29. The van der Waals surface area contributed by atoms with Gasteiger partial charge < -0.3 is 11.1 Å². The maximum atomic E-state index is 11.6. The first-order valence-electron chi connectivity index (χ1n) is 5.39. The minimum absolute atomic E-state index is 0.0274. The standard InChI is InChI=1S/C12H17BrN2O/c1-2-11(8-14)15-12(16)7-9-3-5-10(13)6-4-9/h3-6,11H,2,7-8,14H2,1H3,(H,15,16). The average molecular weight is 285 g/mol. The Morgan fingerprint density at radius 2 is 2.06 bits per heavy atom. The molecule has 88 valence electrons. The lowest BCUT2D eigenvalue weighted by molar-refractivity contribution is -0.121. The molecule has 1 amide bonds. The highest BCUT2D eigenvalue weighted by molar-refractivity contribution is 9.10. The van der Waals surface area contributed by atoms with Crippen LogP contribution in [0.3, 0.4) is 0 Å². The fourth-order valence-electron chi connectivity index (χ4n) is 1.39. The van der Waals surface area contributed by atoms with Crippen LogP contribution in [0.15, 0.2) is 28.7 Å². The second-order valence-electron chi connectivity index (χ2n) is 3.71. The SMILES string of the molecule is CCC(CN)NC(=O)Cc1ccc(Br)cc1. The molecule has 1 unspecified atom stereocenters. The smallest absolute Gasteiger partial charge is 0.224 e. The van der Waals surface area contributed by atoms with Crippen LogP contribution in [0.1, 0.15) is 18.9 Å². The molecule has 1 rings (SSSR count). The minimum atomic E-state index is 0.0274. The number of hydrogen-bond acceptors (Lipinski definition) is 2. The molecule has 1 aromatic carbocycles. The molecule has 0 aromatic heterocycles. The Hall–Kier alpha value is -0.870. The zero-order valence-corrected chi connectivity index (χ0v) is 11.0. The Labute approximate surface area is 105 Å². The molecular formula is C12H17BrN2O. The monoisotopic (exact) mass is 284 g/mol. The summed E-state index contributed by atoms with van der Waals surface area (Å²) in [7, 11) is 0. The van der Waals surface area contributed by atoms with Gasteiger partial charge in [-0.2, -0.15) is 0 Å². The largest absolute Gasteiger partial charge is 0.352 e. The summed E-state index contributed by atoms with van der Waals surface area (Å²) in [6, 6.07) is 7.83. The van der Waals surface area contributed by atoms with E-state index in [2.05, 4.69) is 21.2 Å². The number of nitrogens with two attached hydrogens (primary N) is 1. The zero-order valence-electron chi connectivity index (χ0n) is 9.37. The second kappa shape index (κ2) is 6.66. The van der Waals surface area contributed by atoms with Crippen molar-refractivity contribution in [3.63, 3.8) is 0 Å². The Morgan fingerprint density at radius 1 is 1.44 bits per heavy atom. The number of hydrogen-bond donors (Lipinski definition) is 2. The number of benzene rings is 1. The third-order valence-corrected chi connectivity index (χ3v) is 2.95. The van der Waals surface area contributed by atoms with Gasteiger partial charge in [-0.05, 0) is 24.1 Å². The summed E-state index contributed by atoms with van der Waals surface area (Å²) < 4.78 is 1.02. The third-order valence-electron chi connectivity index (χ3n) is 2.42. The quantitative estimate of drug-likeness (QED) is 0.867. The highest BCUT2D eigenvalue weighted by atomic mass is 79.9. The molecule has 0 spiro atoms. The molecule has 1 aromatic rings. The van der Waals surface area contributed by atoms with Gasteiger partial charge in [-0.1, -0.05) is 35.0 Å². The molecule has 3 N–H and O–H groups in total. The molecule has 0 saturated heterocycles. The van der Waals surface area contributed by atoms with Crippen LogP contribution in [0.25, 0.3) is 0 Å². The van der Waals surface area contributed by atoms with Crippen molar-refractivity contribution in [1.82, 2.24) is 5.32 Å². The van der Waals surface area contributed by atoms with E-state index in [9.17, 15) is 4.79 Å². The van der Waals surface area contributed by atoms with Gasteiger partial charge in [-0.25, -0.2) is 0 Å². The van der Waals surface area contributed by atoms with Gasteiger partial charge in [-0.15, -0.1) is 0 Å². The van der Waals surface area contributed by atoms with E-state index >= 15 is 0 Å². The van der Waals surface area contributed by atoms with Crippen molar-refractivity contribution in [2.24, 2.45) is 5.73 Å². The van der Waals surface area contributed by atoms with Crippen LogP contribution < -0.4 is 11.1 Å². The summed E-state index contributed by atoms with van der Waals surface area (Å²) in [5, 5.41) is 2.90. The van der Waals surface area contributed by atoms with Crippen LogP contribution in [0.4, 0.5) is 0 Å². The highest BCUT2D eigenvalue weighted by Crippen LogP contribution is 2.10. The molecule has 1 atom stereocenters. The maximum absolute atomic E-state index is 11.6. The second-order valence-corrected chi connectivity index (χ2v) is 4.63. The van der Waals surface area contributed by atoms with E-state index in [-0.39, 0.29) is 11.9 Å². The molecular weight excluding hydrogens is 268 g/mol. The summed E-state index contributed by atoms with van der Waals surface area (Å²) in [5.74, 6) is 0.0274. The third kappa shape index (κ3) is 4.33. The van der Waals surface area contributed by atoms with E-state index in [0.717, 1.165) is 16.5 Å². The molecule has 0 saturated carbocycles. The predicted octanol–water partition coefficient (Wildman–Crippen LogP) is 1.85. The maximum Gasteiger partial charge on any atom is 0.224 e. The van der Waals surface area contributed by atoms with Crippen molar-refractivity contribution in [1.29, 1.82) is 0 Å². The lowest BCUT2D eigenvalue weighted by Gasteiger charge is -2.14. The van der Waals surface area contributed by atoms with Crippen LogP contribution in [0, 0.1) is 0 Å². The minimum Gasteiger partial charge on any atom is -0.352 e. The van der Waals surface area contributed by atoms with Crippen molar-refractivity contribution in [2.45, 2.75) is 25.8 Å². The van der Waals surface area contributed by atoms with Gasteiger partial charge in [0.05, 0.1) is 6.42 Å². The van der Waals surface area contributed by atoms with Crippen LogP contribution in [0.5, 0.6) is 0 Å². The number of nitrogens with one attached hydrogen (secondary N) is 1. The number of carbonyl (C=O) groups excluding carboxylic acids is 1. The van der Waals surface area contributed by atoms with Gasteiger partial charge >= 0.3 is 0 Å². The molecule has 0 bridgehead atoms. The zero-order chi connectivity index (χ0) is 12.0. The molecule has 0 radical (unpaired) electrons. The normalized spacial score (nSPS) is 12.2. The summed E-state index contributed by atoms with van der Waals surface area (Å²) in [6.07, 6.45) is 1.27. The topological polar surface area (TPSA) is 55.1 Å². The van der Waals surface area contributed by atoms with E-state index in [4.69, 9.17) is 5.73 Å². The number of halogens is 1. The summed E-state index contributed by atoms with van der Waals surface area (Å²) in [5.41, 5.74) is 6.53. The van der Waals surface area contributed by atoms with E-state index in [1.54, 1.807) is 0 Å². The fraction of sp³-hybridized carbons (Fsp3) is 0.417. The van der Waals surface area contributed by atoms with Crippen molar-refractivity contribution >= 4 is 21.8 Å². The Bertz CT molecular complexity index is 333. The molecule has 4 heteroatoms. The van der Waals surface area contributed by atoms with Gasteiger partial charge in [0, 0.05) is 17.1 Å². The van der Waals surface area contributed by atoms with Crippen molar-refractivity contribution in [2.75, 3.05) is 6.54 Å². The first kappa shape index (κ1) is 13.2. The number of carbonyl (C=O) groups is 1. The molecule has 0 fully saturated rings. The molecule has 0 aliphatic rings. The molecule has 16 heavy (non-hydrogen) atoms. The van der Waals surface area contributed by atoms with Crippen molar-refractivity contribution in [3.8, 4) is 0 Å². The first-order valence-corrected chi connectivity index (χ1v) is 6.19. The Morgan fingerprint density at radius 3 is 2.56 bits per heavy atom. The molecule has 0 aliphatic carbocycles. The van der Waals surface area contributed by atoms with E-state index in [0.29, 0.717) is 13.0 Å². The van der Waals surface area contributed by atoms with Gasteiger partial charge in [-0.3, -0.25) is 4.79 Å². The van der Waals surface area contributed by atoms with E-state index in [1.807, 2.05) is 31.2 Å². The Kier molecular flexibility index (Phi) is 5.49.